The van der Waals surface area contributed by atoms with Gasteiger partial charge in [-0.25, -0.2) is 18.0 Å². The quantitative estimate of drug-likeness (QED) is 0.637. The highest BCUT2D eigenvalue weighted by Gasteiger charge is 2.10. The predicted molar refractivity (Wildman–Crippen MR) is 32.6 cm³/mol. The van der Waals surface area contributed by atoms with Crippen molar-refractivity contribution in [3.8, 4) is 5.75 Å². The first-order chi connectivity index (χ1) is 5.65. The van der Waals surface area contributed by atoms with Crippen molar-refractivity contribution < 1.29 is 22.7 Å². The van der Waals surface area contributed by atoms with Crippen LogP contribution in [-0.2, 0) is 4.79 Å². The zero-order valence-corrected chi connectivity index (χ0v) is 5.61. The molecule has 0 aliphatic rings. The second-order valence-corrected chi connectivity index (χ2v) is 1.89. The summed E-state index contributed by atoms with van der Waals surface area (Å²) >= 11 is 0. The van der Waals surface area contributed by atoms with Crippen molar-refractivity contribution in [2.75, 3.05) is 0 Å². The van der Waals surface area contributed by atoms with Crippen molar-refractivity contribution in [1.82, 2.24) is 0 Å². The summed E-state index contributed by atoms with van der Waals surface area (Å²) in [4.78, 5) is 9.60. The number of rotatable bonds is 2. The average molecular weight is 175 g/mol. The third kappa shape index (κ3) is 1.55. The van der Waals surface area contributed by atoms with Crippen molar-refractivity contribution in [2.45, 2.75) is 0 Å². The lowest BCUT2D eigenvalue weighted by Gasteiger charge is -1.98. The van der Waals surface area contributed by atoms with Crippen LogP contribution in [0.25, 0.3) is 0 Å². The molecule has 63 valence electrons. The minimum Gasteiger partial charge on any atom is -0.418 e. The highest BCUT2D eigenvalue weighted by atomic mass is 19.2. The molecule has 1 aromatic carbocycles. The normalized spacial score (nSPS) is 9.58. The maximum Gasteiger partial charge on any atom is 0.423 e. The molecule has 0 spiro atoms. The Morgan fingerprint density at radius 2 is 1.67 bits per heavy atom. The first-order valence-corrected chi connectivity index (χ1v) is 2.83. The lowest BCUT2D eigenvalue weighted by Crippen LogP contribution is -1.94. The van der Waals surface area contributed by atoms with Crippen molar-refractivity contribution in [1.29, 1.82) is 0 Å². The topological polar surface area (TPSA) is 26.3 Å². The van der Waals surface area contributed by atoms with Gasteiger partial charge in [0.05, 0.1) is 0 Å². The van der Waals surface area contributed by atoms with E-state index in [4.69, 9.17) is 0 Å². The number of benzene rings is 1. The Balaban J connectivity index is 3.11. The van der Waals surface area contributed by atoms with Gasteiger partial charge in [0, 0.05) is 12.1 Å². The Morgan fingerprint density at radius 1 is 1.17 bits per heavy atom. The molecular weight excluding hydrogens is 173 g/mol. The van der Waals surface area contributed by atoms with Gasteiger partial charge in [-0.1, -0.05) is 0 Å². The van der Waals surface area contributed by atoms with E-state index in [0.717, 1.165) is 6.47 Å². The Bertz CT molecular complexity index is 289. The zero-order valence-electron chi connectivity index (χ0n) is 5.61. The standard InChI is InChI=1S/C7H2F3O2/c8-5-1-4(12-3-11)2-6(9)7(5)10/h1-2H. The molecule has 1 aromatic rings. The van der Waals surface area contributed by atoms with Crippen LogP contribution in [0, 0.1) is 17.5 Å². The summed E-state index contributed by atoms with van der Waals surface area (Å²) in [6, 6.07) is 1.09. The minimum absolute atomic E-state index is 0.429. The lowest BCUT2D eigenvalue weighted by atomic mass is 10.3. The Kier molecular flexibility index (Phi) is 2.32. The van der Waals surface area contributed by atoms with E-state index >= 15 is 0 Å². The summed E-state index contributed by atoms with van der Waals surface area (Å²) in [7, 11) is 0. The molecule has 0 N–H and O–H groups in total. The van der Waals surface area contributed by atoms with Gasteiger partial charge in [0.25, 0.3) is 0 Å². The second kappa shape index (κ2) is 3.25. The molecule has 0 amide bonds. The molecule has 2 nitrogen and oxygen atoms in total. The van der Waals surface area contributed by atoms with E-state index in [0.29, 0.717) is 12.1 Å². The largest absolute Gasteiger partial charge is 0.423 e. The van der Waals surface area contributed by atoms with Gasteiger partial charge in [0.15, 0.2) is 17.5 Å². The van der Waals surface area contributed by atoms with Crippen LogP contribution in [0.3, 0.4) is 0 Å². The highest BCUT2D eigenvalue weighted by Crippen LogP contribution is 2.18. The molecule has 12 heavy (non-hydrogen) atoms. The molecule has 0 aliphatic carbocycles. The molecule has 0 aromatic heterocycles. The van der Waals surface area contributed by atoms with Crippen molar-refractivity contribution in [2.24, 2.45) is 0 Å². The minimum atomic E-state index is -1.60. The van der Waals surface area contributed by atoms with Crippen LogP contribution in [-0.4, -0.2) is 6.47 Å². The summed E-state index contributed by atoms with van der Waals surface area (Å²) in [6.45, 7) is 0.952. The maximum atomic E-state index is 12.3. The van der Waals surface area contributed by atoms with E-state index in [1.165, 1.54) is 0 Å². The summed E-state index contributed by atoms with van der Waals surface area (Å²) < 4.78 is 40.9. The van der Waals surface area contributed by atoms with Crippen molar-refractivity contribution in [3.63, 3.8) is 0 Å². The van der Waals surface area contributed by atoms with E-state index in [1.54, 1.807) is 0 Å². The molecule has 1 radical (unpaired) electrons. The van der Waals surface area contributed by atoms with E-state index in [-0.39, 0.29) is 0 Å². The molecule has 0 saturated heterocycles. The predicted octanol–water partition coefficient (Wildman–Crippen LogP) is 1.55. The van der Waals surface area contributed by atoms with Gasteiger partial charge < -0.3 is 4.74 Å². The van der Waals surface area contributed by atoms with Gasteiger partial charge >= 0.3 is 6.47 Å². The number of hydrogen-bond donors (Lipinski definition) is 0. The fourth-order valence-corrected chi connectivity index (χ4v) is 0.639. The van der Waals surface area contributed by atoms with Crippen molar-refractivity contribution in [3.05, 3.63) is 29.6 Å². The van der Waals surface area contributed by atoms with Crippen LogP contribution in [0.4, 0.5) is 13.2 Å². The summed E-state index contributed by atoms with van der Waals surface area (Å²) in [5.41, 5.74) is 0. The van der Waals surface area contributed by atoms with E-state index in [1.807, 2.05) is 0 Å². The van der Waals surface area contributed by atoms with E-state index in [9.17, 15) is 18.0 Å². The van der Waals surface area contributed by atoms with Gasteiger partial charge in [-0.2, -0.15) is 0 Å². The highest BCUT2D eigenvalue weighted by molar-refractivity contribution is 5.45. The third-order valence-electron chi connectivity index (χ3n) is 1.12. The first-order valence-electron chi connectivity index (χ1n) is 2.83. The Labute approximate surface area is 65.6 Å². The van der Waals surface area contributed by atoms with Gasteiger partial charge in [0.2, 0.25) is 0 Å². The molecule has 0 bridgehead atoms. The summed E-state index contributed by atoms with van der Waals surface area (Å²) in [5.74, 6) is -4.87. The average Bonchev–Trinajstić information content (AvgIpc) is 2.01. The third-order valence-corrected chi connectivity index (χ3v) is 1.12. The van der Waals surface area contributed by atoms with E-state index < -0.39 is 23.2 Å². The molecule has 5 heteroatoms. The fraction of sp³-hybridized carbons (Fsp3) is 0. The van der Waals surface area contributed by atoms with Crippen LogP contribution in [0.1, 0.15) is 0 Å². The maximum absolute atomic E-state index is 12.3. The van der Waals surface area contributed by atoms with Gasteiger partial charge in [-0.05, 0) is 0 Å². The second-order valence-electron chi connectivity index (χ2n) is 1.89. The van der Waals surface area contributed by atoms with Crippen LogP contribution in [0.15, 0.2) is 12.1 Å². The van der Waals surface area contributed by atoms with Crippen molar-refractivity contribution >= 4 is 6.47 Å². The fourth-order valence-electron chi connectivity index (χ4n) is 0.639. The Morgan fingerprint density at radius 3 is 2.08 bits per heavy atom. The Hall–Kier alpha value is -1.52. The molecular formula is C7H2F3O2. The van der Waals surface area contributed by atoms with Crippen LogP contribution < -0.4 is 4.74 Å². The molecule has 0 unspecified atom stereocenters. The monoisotopic (exact) mass is 175 g/mol. The van der Waals surface area contributed by atoms with Gasteiger partial charge in [0.1, 0.15) is 5.75 Å². The summed E-state index contributed by atoms with van der Waals surface area (Å²) in [6.07, 6.45) is 0. The van der Waals surface area contributed by atoms with E-state index in [2.05, 4.69) is 4.74 Å². The zero-order chi connectivity index (χ0) is 9.14. The lowest BCUT2D eigenvalue weighted by molar-refractivity contribution is 0.417. The SMILES string of the molecule is O=[C]Oc1cc(F)c(F)c(F)c1. The van der Waals surface area contributed by atoms with Gasteiger partial charge in [-0.15, -0.1) is 0 Å². The summed E-state index contributed by atoms with van der Waals surface area (Å²) in [5, 5.41) is 0. The smallest absolute Gasteiger partial charge is 0.418 e. The molecule has 0 aliphatic heterocycles. The number of carbonyl (C=O) groups excluding carboxylic acids is 1. The molecule has 0 saturated carbocycles. The number of halogens is 3. The van der Waals surface area contributed by atoms with Crippen LogP contribution in [0.2, 0.25) is 0 Å². The molecule has 0 atom stereocenters. The van der Waals surface area contributed by atoms with Crippen LogP contribution >= 0.6 is 0 Å². The molecule has 1 rings (SSSR count). The van der Waals surface area contributed by atoms with Gasteiger partial charge in [-0.3, -0.25) is 0 Å². The molecule has 0 heterocycles. The molecule has 0 fully saturated rings. The van der Waals surface area contributed by atoms with Crippen LogP contribution in [0.5, 0.6) is 5.75 Å². The first kappa shape index (κ1) is 8.58. The number of ether oxygens (including phenoxy) is 1. The number of hydrogen-bond acceptors (Lipinski definition) is 2.